The van der Waals surface area contributed by atoms with Gasteiger partial charge in [-0.3, -0.25) is 4.79 Å². The molecule has 0 bridgehead atoms. The molecule has 20 heavy (non-hydrogen) atoms. The van der Waals surface area contributed by atoms with Crippen LogP contribution in [0.4, 0.5) is 0 Å². The van der Waals surface area contributed by atoms with Crippen molar-refractivity contribution in [1.82, 2.24) is 9.62 Å². The average Bonchev–Trinajstić information content (AvgIpc) is 2.39. The molecule has 2 rings (SSSR count). The number of nitrogens with one attached hydrogen (secondary N) is 1. The van der Waals surface area contributed by atoms with Gasteiger partial charge in [-0.1, -0.05) is 30.3 Å². The molecule has 1 amide bonds. The molecule has 1 fully saturated rings. The zero-order valence-electron chi connectivity index (χ0n) is 12.1. The summed E-state index contributed by atoms with van der Waals surface area (Å²) in [7, 11) is 0.199. The van der Waals surface area contributed by atoms with Crippen molar-refractivity contribution >= 4 is 16.4 Å². The largest absolute Gasteiger partial charge is 0.351 e. The third-order valence-corrected chi connectivity index (χ3v) is 4.97. The van der Waals surface area contributed by atoms with Crippen molar-refractivity contribution < 1.29 is 13.2 Å². The number of hydrogen-bond donors (Lipinski definition) is 1. The van der Waals surface area contributed by atoms with E-state index in [2.05, 4.69) is 4.72 Å². The lowest BCUT2D eigenvalue weighted by atomic mass is 10.1. The van der Waals surface area contributed by atoms with E-state index in [4.69, 9.17) is 0 Å². The number of amides is 1. The van der Waals surface area contributed by atoms with Crippen LogP contribution in [0.5, 0.6) is 0 Å². The second-order valence-electron chi connectivity index (χ2n) is 5.11. The first-order valence-electron chi connectivity index (χ1n) is 6.54. The van der Waals surface area contributed by atoms with Crippen LogP contribution in [0.1, 0.15) is 30.6 Å². The van der Waals surface area contributed by atoms with Crippen LogP contribution in [0.3, 0.4) is 0 Å². The molecule has 0 radical (unpaired) electrons. The van der Waals surface area contributed by atoms with Gasteiger partial charge in [0.2, 0.25) is 16.4 Å². The van der Waals surface area contributed by atoms with E-state index in [1.165, 1.54) is 4.90 Å². The lowest BCUT2D eigenvalue weighted by molar-refractivity contribution is -0.115. The average molecular weight is 298 g/mol. The maximum Gasteiger partial charge on any atom is 0.218 e. The van der Waals surface area contributed by atoms with Crippen molar-refractivity contribution in [2.45, 2.75) is 31.1 Å². The van der Waals surface area contributed by atoms with Gasteiger partial charge in [-0.05, 0) is 25.3 Å². The summed E-state index contributed by atoms with van der Waals surface area (Å²) >= 11 is 0. The molecule has 0 aliphatic carbocycles. The standard InChI is InChI=1S/C11H15NO2S.C3H7NO/c1-9-7-8-11(15(13,14)12-9)10-5-3-2-4-6-10;1-4(2)3-5/h2-6,9,11-12H,7-8H2,1H3;3H,1-2H3/t9-,11?;/m0./s1. The van der Waals surface area contributed by atoms with Crippen LogP contribution in [0.25, 0.3) is 0 Å². The SMILES string of the molecule is CN(C)C=O.C[C@H]1CCC(c2ccccc2)S(=O)(=O)N1. The normalized spacial score (nSPS) is 24.1. The van der Waals surface area contributed by atoms with Gasteiger partial charge in [-0.15, -0.1) is 0 Å². The summed E-state index contributed by atoms with van der Waals surface area (Å²) in [6.45, 7) is 1.90. The number of carbonyl (C=O) groups is 1. The summed E-state index contributed by atoms with van der Waals surface area (Å²) in [5.74, 6) is 0. The molecular weight excluding hydrogens is 276 g/mol. The molecule has 1 N–H and O–H groups in total. The van der Waals surface area contributed by atoms with Gasteiger partial charge in [0.05, 0.1) is 0 Å². The minimum absolute atomic E-state index is 0.0648. The first-order valence-corrected chi connectivity index (χ1v) is 8.09. The summed E-state index contributed by atoms with van der Waals surface area (Å²) < 4.78 is 26.4. The number of carbonyl (C=O) groups excluding carboxylic acids is 1. The zero-order valence-corrected chi connectivity index (χ0v) is 12.9. The number of hydrogen-bond acceptors (Lipinski definition) is 3. The minimum atomic E-state index is -3.18. The molecular formula is C14H22N2O3S. The highest BCUT2D eigenvalue weighted by Crippen LogP contribution is 2.30. The molecule has 1 unspecified atom stereocenters. The number of sulfonamides is 1. The molecule has 1 saturated heterocycles. The van der Waals surface area contributed by atoms with Crippen LogP contribution >= 0.6 is 0 Å². The van der Waals surface area contributed by atoms with Crippen molar-refractivity contribution in [3.8, 4) is 0 Å². The van der Waals surface area contributed by atoms with Crippen LogP contribution in [0.15, 0.2) is 30.3 Å². The Kier molecular flexibility index (Phi) is 6.16. The van der Waals surface area contributed by atoms with Gasteiger partial charge in [0.15, 0.2) is 0 Å². The Morgan fingerprint density at radius 3 is 2.20 bits per heavy atom. The van der Waals surface area contributed by atoms with E-state index >= 15 is 0 Å². The van der Waals surface area contributed by atoms with Crippen LogP contribution < -0.4 is 4.72 Å². The molecule has 1 aromatic carbocycles. The third kappa shape index (κ3) is 4.94. The van der Waals surface area contributed by atoms with Gasteiger partial charge in [0.25, 0.3) is 0 Å². The van der Waals surface area contributed by atoms with Crippen molar-refractivity contribution in [1.29, 1.82) is 0 Å². The molecule has 1 aliphatic rings. The van der Waals surface area contributed by atoms with Gasteiger partial charge >= 0.3 is 0 Å². The summed E-state index contributed by atoms with van der Waals surface area (Å²) in [6.07, 6.45) is 2.36. The summed E-state index contributed by atoms with van der Waals surface area (Å²) in [4.78, 5) is 10.9. The fraction of sp³-hybridized carbons (Fsp3) is 0.500. The summed E-state index contributed by atoms with van der Waals surface area (Å²) in [5, 5.41) is -0.380. The molecule has 5 nitrogen and oxygen atoms in total. The Balaban J connectivity index is 0.000000347. The van der Waals surface area contributed by atoms with Crippen LogP contribution in [0, 0.1) is 0 Å². The Morgan fingerprint density at radius 1 is 1.20 bits per heavy atom. The molecule has 6 heteroatoms. The van der Waals surface area contributed by atoms with Crippen molar-refractivity contribution in [3.05, 3.63) is 35.9 Å². The number of nitrogens with zero attached hydrogens (tertiary/aromatic N) is 1. The smallest absolute Gasteiger partial charge is 0.218 e. The molecule has 0 spiro atoms. The molecule has 1 heterocycles. The second-order valence-corrected chi connectivity index (χ2v) is 7.00. The molecule has 112 valence electrons. The maximum absolute atomic E-state index is 11.9. The topological polar surface area (TPSA) is 66.5 Å². The Morgan fingerprint density at radius 2 is 1.75 bits per heavy atom. The van der Waals surface area contributed by atoms with Crippen molar-refractivity contribution in [2.75, 3.05) is 14.1 Å². The first-order chi connectivity index (χ1) is 9.36. The fourth-order valence-corrected chi connectivity index (χ4v) is 3.80. The molecule has 0 aromatic heterocycles. The highest BCUT2D eigenvalue weighted by Gasteiger charge is 2.32. The predicted molar refractivity (Wildman–Crippen MR) is 79.7 cm³/mol. The van der Waals surface area contributed by atoms with Gasteiger partial charge in [0, 0.05) is 20.1 Å². The van der Waals surface area contributed by atoms with Crippen molar-refractivity contribution in [3.63, 3.8) is 0 Å². The molecule has 1 aromatic rings. The molecule has 1 aliphatic heterocycles. The summed E-state index contributed by atoms with van der Waals surface area (Å²) in [5.41, 5.74) is 0.886. The third-order valence-electron chi connectivity index (χ3n) is 2.98. The number of benzene rings is 1. The van der Waals surface area contributed by atoms with E-state index in [0.29, 0.717) is 6.42 Å². The van der Waals surface area contributed by atoms with Crippen LogP contribution in [-0.4, -0.2) is 39.9 Å². The Hall–Kier alpha value is -1.40. The van der Waals surface area contributed by atoms with E-state index in [0.717, 1.165) is 18.4 Å². The Labute approximate surface area is 121 Å². The Bertz CT molecular complexity index is 514. The van der Waals surface area contributed by atoms with Gasteiger partial charge in [-0.25, -0.2) is 13.1 Å². The number of rotatable bonds is 2. The second kappa shape index (κ2) is 7.40. The van der Waals surface area contributed by atoms with Crippen LogP contribution in [-0.2, 0) is 14.8 Å². The predicted octanol–water partition coefficient (Wildman–Crippen LogP) is 1.53. The van der Waals surface area contributed by atoms with E-state index in [-0.39, 0.29) is 11.3 Å². The van der Waals surface area contributed by atoms with E-state index in [9.17, 15) is 13.2 Å². The van der Waals surface area contributed by atoms with Crippen molar-refractivity contribution in [2.24, 2.45) is 0 Å². The lowest BCUT2D eigenvalue weighted by Crippen LogP contribution is -2.40. The first kappa shape index (κ1) is 16.7. The van der Waals surface area contributed by atoms with E-state index < -0.39 is 10.0 Å². The summed E-state index contributed by atoms with van der Waals surface area (Å²) in [6, 6.07) is 9.47. The molecule has 2 atom stereocenters. The highest BCUT2D eigenvalue weighted by atomic mass is 32.2. The zero-order chi connectivity index (χ0) is 15.2. The maximum atomic E-state index is 11.9. The monoisotopic (exact) mass is 298 g/mol. The van der Waals surface area contributed by atoms with Gasteiger partial charge in [0.1, 0.15) is 5.25 Å². The van der Waals surface area contributed by atoms with Crippen LogP contribution in [0.2, 0.25) is 0 Å². The van der Waals surface area contributed by atoms with E-state index in [1.54, 1.807) is 14.1 Å². The molecule has 0 saturated carbocycles. The highest BCUT2D eigenvalue weighted by molar-refractivity contribution is 7.89. The lowest BCUT2D eigenvalue weighted by Gasteiger charge is -2.27. The van der Waals surface area contributed by atoms with E-state index in [1.807, 2.05) is 37.3 Å². The minimum Gasteiger partial charge on any atom is -0.351 e. The fourth-order valence-electron chi connectivity index (χ4n) is 1.99. The quantitative estimate of drug-likeness (QED) is 0.842. The van der Waals surface area contributed by atoms with Gasteiger partial charge in [-0.2, -0.15) is 0 Å². The van der Waals surface area contributed by atoms with Gasteiger partial charge < -0.3 is 4.90 Å².